The molecule has 2 aliphatic heterocycles. The summed E-state index contributed by atoms with van der Waals surface area (Å²) in [5, 5.41) is 11.1. The van der Waals surface area contributed by atoms with Gasteiger partial charge in [0, 0.05) is 51.0 Å². The van der Waals surface area contributed by atoms with E-state index in [1.807, 2.05) is 0 Å². The van der Waals surface area contributed by atoms with Crippen molar-refractivity contribution >= 4 is 11.6 Å². The summed E-state index contributed by atoms with van der Waals surface area (Å²) in [5.41, 5.74) is 2.02. The first-order valence-electron chi connectivity index (χ1n) is 9.58. The number of nitrogens with zero attached hydrogens (tertiary/aromatic N) is 3. The molecule has 1 amide bonds. The van der Waals surface area contributed by atoms with Gasteiger partial charge in [-0.2, -0.15) is 10.2 Å². The summed E-state index contributed by atoms with van der Waals surface area (Å²) in [6.45, 7) is 5.15. The molecule has 0 saturated carbocycles. The van der Waals surface area contributed by atoms with Gasteiger partial charge in [-0.15, -0.1) is 12.3 Å². The molecule has 5 nitrogen and oxygen atoms in total. The molecule has 0 unspecified atom stereocenters. The zero-order valence-electron chi connectivity index (χ0n) is 15.6. The molecule has 1 aromatic rings. The fourth-order valence-corrected chi connectivity index (χ4v) is 3.36. The molecule has 138 valence electrons. The fraction of sp³-hybridized carbons (Fsp3) is 0.571. The van der Waals surface area contributed by atoms with Gasteiger partial charge in [0.05, 0.1) is 0 Å². The van der Waals surface area contributed by atoms with Crippen molar-refractivity contribution < 1.29 is 4.79 Å². The Morgan fingerprint density at radius 3 is 2.58 bits per heavy atom. The minimum atomic E-state index is -0.378. The third-order valence-electron chi connectivity index (χ3n) is 5.38. The molecule has 26 heavy (non-hydrogen) atoms. The molecule has 3 rings (SSSR count). The largest absolute Gasteiger partial charge is 0.372 e. The summed E-state index contributed by atoms with van der Waals surface area (Å²) in [4.78, 5) is 14.5. The summed E-state index contributed by atoms with van der Waals surface area (Å²) >= 11 is 0. The second kappa shape index (κ2) is 8.35. The first-order chi connectivity index (χ1) is 12.6. The molecule has 1 fully saturated rings. The van der Waals surface area contributed by atoms with Crippen LogP contribution in [0.3, 0.4) is 0 Å². The number of amides is 1. The van der Waals surface area contributed by atoms with E-state index in [0.29, 0.717) is 25.8 Å². The number of benzene rings is 1. The molecule has 0 radical (unpaired) electrons. The van der Waals surface area contributed by atoms with E-state index in [-0.39, 0.29) is 11.6 Å². The van der Waals surface area contributed by atoms with Gasteiger partial charge in [-0.05, 0) is 36.5 Å². The van der Waals surface area contributed by atoms with E-state index in [4.69, 9.17) is 6.42 Å². The Kier molecular flexibility index (Phi) is 5.92. The smallest absolute Gasteiger partial charge is 0.220 e. The third-order valence-corrected chi connectivity index (χ3v) is 5.38. The Bertz CT molecular complexity index is 675. The normalized spacial score (nSPS) is 18.4. The molecule has 2 aliphatic rings. The Balaban J connectivity index is 1.39. The molecule has 0 spiro atoms. The van der Waals surface area contributed by atoms with Crippen LogP contribution in [0.1, 0.15) is 51.0 Å². The van der Waals surface area contributed by atoms with E-state index in [1.54, 1.807) is 0 Å². The van der Waals surface area contributed by atoms with E-state index in [1.165, 1.54) is 18.5 Å². The van der Waals surface area contributed by atoms with Gasteiger partial charge in [0.15, 0.2) is 5.66 Å². The summed E-state index contributed by atoms with van der Waals surface area (Å²) in [6.07, 6.45) is 10.3. The molecule has 1 saturated heterocycles. The molecule has 0 atom stereocenters. The zero-order chi connectivity index (χ0) is 18.4. The van der Waals surface area contributed by atoms with Gasteiger partial charge in [-0.1, -0.05) is 19.1 Å². The molecular formula is C21H28N4O. The number of anilines is 1. The predicted octanol–water partition coefficient (Wildman–Crippen LogP) is 3.89. The van der Waals surface area contributed by atoms with Gasteiger partial charge in [0.1, 0.15) is 0 Å². The Labute approximate surface area is 156 Å². The predicted molar refractivity (Wildman–Crippen MR) is 104 cm³/mol. The molecule has 1 aromatic carbocycles. The molecule has 0 aromatic heterocycles. The number of piperidine rings is 1. The first kappa shape index (κ1) is 18.4. The Morgan fingerprint density at radius 1 is 1.27 bits per heavy atom. The second-order valence-electron chi connectivity index (χ2n) is 7.50. The summed E-state index contributed by atoms with van der Waals surface area (Å²) < 4.78 is 0. The fourth-order valence-electron chi connectivity index (χ4n) is 3.36. The maximum absolute atomic E-state index is 12.1. The summed E-state index contributed by atoms with van der Waals surface area (Å²) in [5.74, 6) is 3.48. The molecule has 2 heterocycles. The summed E-state index contributed by atoms with van der Waals surface area (Å²) in [7, 11) is 0. The van der Waals surface area contributed by atoms with Crippen molar-refractivity contribution in [1.29, 1.82) is 0 Å². The number of hydrogen-bond acceptors (Lipinski definition) is 4. The lowest BCUT2D eigenvalue weighted by atomic mass is 9.98. The van der Waals surface area contributed by atoms with Crippen LogP contribution >= 0.6 is 0 Å². The molecular weight excluding hydrogens is 324 g/mol. The van der Waals surface area contributed by atoms with Crippen molar-refractivity contribution in [2.75, 3.05) is 18.0 Å². The second-order valence-corrected chi connectivity index (χ2v) is 7.50. The monoisotopic (exact) mass is 352 g/mol. The van der Waals surface area contributed by atoms with Crippen LogP contribution in [0.5, 0.6) is 0 Å². The van der Waals surface area contributed by atoms with Crippen LogP contribution in [-0.4, -0.2) is 24.7 Å². The van der Waals surface area contributed by atoms with Gasteiger partial charge in [0.2, 0.25) is 5.91 Å². The van der Waals surface area contributed by atoms with Gasteiger partial charge in [0.25, 0.3) is 0 Å². The van der Waals surface area contributed by atoms with Crippen LogP contribution in [0.4, 0.5) is 5.69 Å². The van der Waals surface area contributed by atoms with E-state index < -0.39 is 0 Å². The minimum Gasteiger partial charge on any atom is -0.372 e. The van der Waals surface area contributed by atoms with E-state index in [9.17, 15) is 4.79 Å². The maximum Gasteiger partial charge on any atom is 0.220 e. The molecule has 1 N–H and O–H groups in total. The van der Waals surface area contributed by atoms with Gasteiger partial charge in [-0.25, -0.2) is 0 Å². The average molecular weight is 352 g/mol. The zero-order valence-corrected chi connectivity index (χ0v) is 15.6. The average Bonchev–Trinajstić information content (AvgIpc) is 3.44. The number of nitrogens with one attached hydrogen (secondary N) is 1. The highest BCUT2D eigenvalue weighted by atomic mass is 16.1. The van der Waals surface area contributed by atoms with Gasteiger partial charge >= 0.3 is 0 Å². The Morgan fingerprint density at radius 2 is 1.96 bits per heavy atom. The van der Waals surface area contributed by atoms with Crippen molar-refractivity contribution in [3.63, 3.8) is 0 Å². The van der Waals surface area contributed by atoms with Gasteiger partial charge < -0.3 is 10.2 Å². The van der Waals surface area contributed by atoms with E-state index in [2.05, 4.69) is 57.6 Å². The highest BCUT2D eigenvalue weighted by molar-refractivity contribution is 5.76. The van der Waals surface area contributed by atoms with Crippen LogP contribution < -0.4 is 10.2 Å². The lowest BCUT2D eigenvalue weighted by molar-refractivity contribution is -0.121. The highest BCUT2D eigenvalue weighted by Crippen LogP contribution is 2.37. The quantitative estimate of drug-likeness (QED) is 0.722. The minimum absolute atomic E-state index is 0.0384. The van der Waals surface area contributed by atoms with Crippen LogP contribution in [-0.2, 0) is 11.3 Å². The van der Waals surface area contributed by atoms with E-state index in [0.717, 1.165) is 31.0 Å². The van der Waals surface area contributed by atoms with Crippen molar-refractivity contribution in [3.05, 3.63) is 29.8 Å². The third kappa shape index (κ3) is 5.08. The van der Waals surface area contributed by atoms with Crippen LogP contribution in [0.25, 0.3) is 0 Å². The lowest BCUT2D eigenvalue weighted by Gasteiger charge is -2.32. The van der Waals surface area contributed by atoms with Crippen molar-refractivity contribution in [1.82, 2.24) is 5.32 Å². The van der Waals surface area contributed by atoms with Crippen LogP contribution in [0, 0.1) is 18.3 Å². The van der Waals surface area contributed by atoms with E-state index >= 15 is 0 Å². The van der Waals surface area contributed by atoms with Crippen molar-refractivity contribution in [2.45, 2.75) is 57.7 Å². The number of terminal acetylenes is 1. The number of carbonyl (C=O) groups excluding carboxylic acids is 1. The topological polar surface area (TPSA) is 57.1 Å². The SMILES string of the molecule is C#CCCC1(CCC(=O)NCc2ccc(N3CCC(C)CC3)cc2)N=N1. The highest BCUT2D eigenvalue weighted by Gasteiger charge is 2.39. The molecule has 0 aliphatic carbocycles. The Hall–Kier alpha value is -2.35. The standard InChI is InChI=1S/C21H28N4O/c1-3-4-12-21(23-24-21)13-9-20(26)22-16-18-5-7-19(8-6-18)25-14-10-17(2)11-15-25/h1,5-8,17H,4,9-16H2,2H3,(H,22,26). The van der Waals surface area contributed by atoms with Crippen LogP contribution in [0.2, 0.25) is 0 Å². The van der Waals surface area contributed by atoms with Gasteiger partial charge in [-0.3, -0.25) is 4.79 Å². The number of rotatable bonds is 8. The summed E-state index contributed by atoms with van der Waals surface area (Å²) in [6, 6.07) is 8.53. The lowest BCUT2D eigenvalue weighted by Crippen LogP contribution is -2.32. The molecule has 5 heteroatoms. The van der Waals surface area contributed by atoms with Crippen LogP contribution in [0.15, 0.2) is 34.5 Å². The maximum atomic E-state index is 12.1. The van der Waals surface area contributed by atoms with Crippen molar-refractivity contribution in [3.8, 4) is 12.3 Å². The number of carbonyl (C=O) groups is 1. The van der Waals surface area contributed by atoms with Crippen molar-refractivity contribution in [2.24, 2.45) is 16.1 Å². The molecule has 0 bridgehead atoms. The number of hydrogen-bond donors (Lipinski definition) is 1. The first-order valence-corrected chi connectivity index (χ1v) is 9.58.